The normalized spacial score (nSPS) is 13.0. The van der Waals surface area contributed by atoms with E-state index in [9.17, 15) is 22.0 Å². The highest BCUT2D eigenvalue weighted by Crippen LogP contribution is 2.18. The van der Waals surface area contributed by atoms with Crippen molar-refractivity contribution < 1.29 is 22.0 Å². The number of benzene rings is 1. The van der Waals surface area contributed by atoms with Gasteiger partial charge >= 0.3 is 5.76 Å². The van der Waals surface area contributed by atoms with Gasteiger partial charge in [-0.15, -0.1) is 0 Å². The standard InChI is InChI=1S/C13H14F2N4O3S/c1-9(6-19-8-16-7-17-19)18-12(20)10-2-4-11(5-3-10)23(21,22)13(14)15/h2-5,7-9,13H,6H2,1H3,(H,18,20)/t9-/m0/s1. The third-order valence-electron chi connectivity index (χ3n) is 2.98. The third-order valence-corrected chi connectivity index (χ3v) is 4.38. The number of carbonyl (C=O) groups excluding carboxylic acids is 1. The summed E-state index contributed by atoms with van der Waals surface area (Å²) in [6.07, 6.45) is 2.88. The monoisotopic (exact) mass is 344 g/mol. The molecule has 2 aromatic rings. The van der Waals surface area contributed by atoms with Gasteiger partial charge in [0.15, 0.2) is 0 Å². The van der Waals surface area contributed by atoms with Crippen LogP contribution in [0, 0.1) is 0 Å². The first-order chi connectivity index (χ1) is 10.8. The van der Waals surface area contributed by atoms with Crippen LogP contribution in [0.1, 0.15) is 17.3 Å². The zero-order chi connectivity index (χ0) is 17.0. The van der Waals surface area contributed by atoms with Crippen LogP contribution < -0.4 is 5.32 Å². The predicted octanol–water partition coefficient (Wildman–Crippen LogP) is 1.09. The topological polar surface area (TPSA) is 93.9 Å². The fraction of sp³-hybridized carbons (Fsp3) is 0.308. The predicted molar refractivity (Wildman–Crippen MR) is 76.6 cm³/mol. The molecule has 1 heterocycles. The van der Waals surface area contributed by atoms with Crippen molar-refractivity contribution in [1.82, 2.24) is 20.1 Å². The fourth-order valence-corrected chi connectivity index (χ4v) is 2.58. The second-order valence-electron chi connectivity index (χ2n) is 4.82. The van der Waals surface area contributed by atoms with Gasteiger partial charge in [0.2, 0.25) is 9.84 Å². The third kappa shape index (κ3) is 4.09. The minimum atomic E-state index is -4.66. The molecule has 10 heteroatoms. The SMILES string of the molecule is C[C@@H](Cn1cncn1)NC(=O)c1ccc(S(=O)(=O)C(F)F)cc1. The molecule has 7 nitrogen and oxygen atoms in total. The minimum Gasteiger partial charge on any atom is -0.348 e. The first-order valence-electron chi connectivity index (χ1n) is 6.56. The molecular weight excluding hydrogens is 330 g/mol. The minimum absolute atomic E-state index is 0.170. The Morgan fingerprint density at radius 2 is 1.96 bits per heavy atom. The number of nitrogens with one attached hydrogen (secondary N) is 1. The maximum Gasteiger partial charge on any atom is 0.341 e. The molecule has 0 bridgehead atoms. The fourth-order valence-electron chi connectivity index (χ4n) is 1.86. The molecule has 1 aromatic carbocycles. The average molecular weight is 344 g/mol. The Morgan fingerprint density at radius 3 is 2.48 bits per heavy atom. The Kier molecular flexibility index (Phi) is 5.04. The van der Waals surface area contributed by atoms with Crippen molar-refractivity contribution in [2.45, 2.75) is 30.2 Å². The molecule has 1 aromatic heterocycles. The summed E-state index contributed by atoms with van der Waals surface area (Å²) >= 11 is 0. The maximum absolute atomic E-state index is 12.4. The smallest absolute Gasteiger partial charge is 0.341 e. The Labute approximate surface area is 131 Å². The van der Waals surface area contributed by atoms with Crippen molar-refractivity contribution in [3.05, 3.63) is 42.5 Å². The summed E-state index contributed by atoms with van der Waals surface area (Å²) in [5.41, 5.74) is 0.170. The molecule has 0 spiro atoms. The van der Waals surface area contributed by atoms with Crippen molar-refractivity contribution in [3.63, 3.8) is 0 Å². The van der Waals surface area contributed by atoms with Crippen molar-refractivity contribution in [3.8, 4) is 0 Å². The van der Waals surface area contributed by atoms with Gasteiger partial charge in [0.1, 0.15) is 12.7 Å². The van der Waals surface area contributed by atoms with E-state index in [0.717, 1.165) is 12.1 Å². The Bertz CT molecular complexity index is 761. The molecule has 0 aliphatic carbocycles. The number of alkyl halides is 2. The number of hydrogen-bond acceptors (Lipinski definition) is 5. The molecule has 1 amide bonds. The van der Waals surface area contributed by atoms with Crippen molar-refractivity contribution >= 4 is 15.7 Å². The number of aromatic nitrogens is 3. The number of halogens is 2. The van der Waals surface area contributed by atoms with E-state index in [2.05, 4.69) is 15.4 Å². The van der Waals surface area contributed by atoms with E-state index < -0.39 is 26.4 Å². The average Bonchev–Trinajstić information content (AvgIpc) is 2.99. The van der Waals surface area contributed by atoms with Crippen LogP contribution in [0.4, 0.5) is 8.78 Å². The quantitative estimate of drug-likeness (QED) is 0.847. The van der Waals surface area contributed by atoms with Gasteiger partial charge in [-0.1, -0.05) is 0 Å². The van der Waals surface area contributed by atoms with Gasteiger partial charge in [0, 0.05) is 11.6 Å². The van der Waals surface area contributed by atoms with Crippen LogP contribution in [0.2, 0.25) is 0 Å². The molecule has 0 aliphatic rings. The molecule has 23 heavy (non-hydrogen) atoms. The summed E-state index contributed by atoms with van der Waals surface area (Å²) in [7, 11) is -4.66. The summed E-state index contributed by atoms with van der Waals surface area (Å²) < 4.78 is 49.0. The summed E-state index contributed by atoms with van der Waals surface area (Å²) in [4.78, 5) is 15.3. The van der Waals surface area contributed by atoms with E-state index >= 15 is 0 Å². The second kappa shape index (κ2) is 6.82. The van der Waals surface area contributed by atoms with Gasteiger partial charge in [-0.25, -0.2) is 13.4 Å². The van der Waals surface area contributed by atoms with Gasteiger partial charge in [0.25, 0.3) is 5.91 Å². The lowest BCUT2D eigenvalue weighted by Crippen LogP contribution is -2.35. The van der Waals surface area contributed by atoms with E-state index in [1.807, 2.05) is 0 Å². The summed E-state index contributed by atoms with van der Waals surface area (Å²) in [5, 5.41) is 6.60. The Balaban J connectivity index is 2.03. The molecule has 1 N–H and O–H groups in total. The van der Waals surface area contributed by atoms with Gasteiger partial charge in [-0.05, 0) is 31.2 Å². The summed E-state index contributed by atoms with van der Waals surface area (Å²) in [5.74, 6) is -3.94. The zero-order valence-corrected chi connectivity index (χ0v) is 12.9. The number of rotatable bonds is 6. The molecule has 0 unspecified atom stereocenters. The summed E-state index contributed by atoms with van der Waals surface area (Å²) in [6.45, 7) is 2.17. The van der Waals surface area contributed by atoms with E-state index in [-0.39, 0.29) is 11.6 Å². The van der Waals surface area contributed by atoms with Gasteiger partial charge < -0.3 is 5.32 Å². The van der Waals surface area contributed by atoms with Crippen LogP contribution in [0.15, 0.2) is 41.8 Å². The molecule has 0 fully saturated rings. The van der Waals surface area contributed by atoms with Gasteiger partial charge in [-0.2, -0.15) is 13.9 Å². The second-order valence-corrected chi connectivity index (χ2v) is 6.74. The lowest BCUT2D eigenvalue weighted by atomic mass is 10.2. The number of carbonyl (C=O) groups is 1. The van der Waals surface area contributed by atoms with E-state index in [0.29, 0.717) is 6.54 Å². The van der Waals surface area contributed by atoms with Crippen LogP contribution in [0.25, 0.3) is 0 Å². The van der Waals surface area contributed by atoms with Crippen molar-refractivity contribution in [2.24, 2.45) is 0 Å². The number of hydrogen-bond donors (Lipinski definition) is 1. The molecule has 0 saturated carbocycles. The number of amides is 1. The lowest BCUT2D eigenvalue weighted by molar-refractivity contribution is 0.0936. The molecule has 0 radical (unpaired) electrons. The molecule has 124 valence electrons. The number of sulfone groups is 1. The molecule has 0 saturated heterocycles. The van der Waals surface area contributed by atoms with Gasteiger partial charge in [0.05, 0.1) is 11.4 Å². The van der Waals surface area contributed by atoms with Crippen LogP contribution >= 0.6 is 0 Å². The number of nitrogens with zero attached hydrogens (tertiary/aromatic N) is 3. The maximum atomic E-state index is 12.4. The van der Waals surface area contributed by atoms with Crippen LogP contribution in [-0.2, 0) is 16.4 Å². The zero-order valence-electron chi connectivity index (χ0n) is 12.1. The Hall–Kier alpha value is -2.36. The van der Waals surface area contributed by atoms with E-state index in [1.54, 1.807) is 11.6 Å². The van der Waals surface area contributed by atoms with Crippen LogP contribution in [0.5, 0.6) is 0 Å². The van der Waals surface area contributed by atoms with Crippen molar-refractivity contribution in [1.29, 1.82) is 0 Å². The lowest BCUT2D eigenvalue weighted by Gasteiger charge is -2.13. The van der Waals surface area contributed by atoms with E-state index in [1.165, 1.54) is 24.8 Å². The largest absolute Gasteiger partial charge is 0.348 e. The Morgan fingerprint density at radius 1 is 1.30 bits per heavy atom. The van der Waals surface area contributed by atoms with E-state index in [4.69, 9.17) is 0 Å². The highest BCUT2D eigenvalue weighted by molar-refractivity contribution is 7.91. The van der Waals surface area contributed by atoms with Crippen molar-refractivity contribution in [2.75, 3.05) is 0 Å². The molecule has 0 aliphatic heterocycles. The summed E-state index contributed by atoms with van der Waals surface area (Å²) in [6, 6.07) is 4.09. The van der Waals surface area contributed by atoms with Crippen LogP contribution in [-0.4, -0.2) is 40.9 Å². The first-order valence-corrected chi connectivity index (χ1v) is 8.10. The molecule has 1 atom stereocenters. The highest BCUT2D eigenvalue weighted by Gasteiger charge is 2.26. The first kappa shape index (κ1) is 17.0. The molecular formula is C13H14F2N4O3S. The van der Waals surface area contributed by atoms with Gasteiger partial charge in [-0.3, -0.25) is 9.48 Å². The van der Waals surface area contributed by atoms with Crippen LogP contribution in [0.3, 0.4) is 0 Å². The molecule has 2 rings (SSSR count). The highest BCUT2D eigenvalue weighted by atomic mass is 32.2.